The maximum atomic E-state index is 12.3. The number of hydrogen-bond donors (Lipinski definition) is 1. The van der Waals surface area contributed by atoms with Crippen molar-refractivity contribution in [2.24, 2.45) is 0 Å². The summed E-state index contributed by atoms with van der Waals surface area (Å²) in [5, 5.41) is 2.59. The van der Waals surface area contributed by atoms with Gasteiger partial charge in [-0.2, -0.15) is 0 Å². The van der Waals surface area contributed by atoms with Gasteiger partial charge in [-0.05, 0) is 46.8 Å². The first-order valence-electron chi connectivity index (χ1n) is 7.83. The molecule has 0 fully saturated rings. The first-order chi connectivity index (χ1) is 10.8. The molecule has 1 rings (SSSR count). The van der Waals surface area contributed by atoms with E-state index >= 15 is 0 Å². The Morgan fingerprint density at radius 3 is 2.39 bits per heavy atom. The van der Waals surface area contributed by atoms with Crippen LogP contribution in [0.5, 0.6) is 5.75 Å². The predicted octanol–water partition coefficient (Wildman–Crippen LogP) is 3.28. The highest BCUT2D eigenvalue weighted by molar-refractivity contribution is 5.84. The van der Waals surface area contributed by atoms with Crippen LogP contribution in [-0.4, -0.2) is 42.2 Å². The van der Waals surface area contributed by atoms with Crippen LogP contribution in [0.2, 0.25) is 0 Å². The van der Waals surface area contributed by atoms with E-state index in [2.05, 4.69) is 5.32 Å². The summed E-state index contributed by atoms with van der Waals surface area (Å²) in [5.41, 5.74) is 0.554. The van der Waals surface area contributed by atoms with Crippen LogP contribution in [0.4, 0.5) is 10.5 Å². The van der Waals surface area contributed by atoms with E-state index in [1.165, 1.54) is 0 Å². The second-order valence-electron chi connectivity index (χ2n) is 5.65. The van der Waals surface area contributed by atoms with Crippen molar-refractivity contribution in [3.05, 3.63) is 24.3 Å². The molecule has 6 heteroatoms. The second kappa shape index (κ2) is 9.02. The van der Waals surface area contributed by atoms with Crippen LogP contribution in [-0.2, 0) is 9.53 Å². The minimum absolute atomic E-state index is 0.0424. The van der Waals surface area contributed by atoms with E-state index in [0.29, 0.717) is 18.0 Å². The largest absolute Gasteiger partial charge is 0.484 e. The van der Waals surface area contributed by atoms with E-state index in [4.69, 9.17) is 9.47 Å². The number of ether oxygens (including phenoxy) is 2. The number of anilines is 1. The Hall–Kier alpha value is -2.24. The Morgan fingerprint density at radius 1 is 1.17 bits per heavy atom. The van der Waals surface area contributed by atoms with Crippen LogP contribution in [0.1, 0.15) is 34.6 Å². The standard InChI is InChI=1S/C17H26N2O4/c1-6-22-17(21)18-14-8-7-9-15(10-14)23-11-16(20)19(12(2)3)13(4)5/h7-10,12-13H,6,11H2,1-5H3,(H,18,21). The van der Waals surface area contributed by atoms with Crippen molar-refractivity contribution in [1.29, 1.82) is 0 Å². The molecule has 0 heterocycles. The molecule has 0 aliphatic rings. The first kappa shape index (κ1) is 18.8. The van der Waals surface area contributed by atoms with Crippen molar-refractivity contribution in [1.82, 2.24) is 4.90 Å². The van der Waals surface area contributed by atoms with Gasteiger partial charge in [-0.3, -0.25) is 10.1 Å². The van der Waals surface area contributed by atoms with Gasteiger partial charge in [-0.25, -0.2) is 4.79 Å². The molecule has 0 atom stereocenters. The van der Waals surface area contributed by atoms with Gasteiger partial charge in [-0.1, -0.05) is 6.07 Å². The summed E-state index contributed by atoms with van der Waals surface area (Å²) in [6.07, 6.45) is -0.522. The Balaban J connectivity index is 2.64. The maximum Gasteiger partial charge on any atom is 0.411 e. The number of rotatable bonds is 7. The zero-order valence-electron chi connectivity index (χ0n) is 14.5. The minimum Gasteiger partial charge on any atom is -0.484 e. The fourth-order valence-corrected chi connectivity index (χ4v) is 2.34. The van der Waals surface area contributed by atoms with Crippen LogP contribution >= 0.6 is 0 Å². The molecule has 0 radical (unpaired) electrons. The van der Waals surface area contributed by atoms with Gasteiger partial charge in [0.1, 0.15) is 5.75 Å². The SMILES string of the molecule is CCOC(=O)Nc1cccc(OCC(=O)N(C(C)C)C(C)C)c1. The van der Waals surface area contributed by atoms with Gasteiger partial charge in [-0.15, -0.1) is 0 Å². The molecule has 0 saturated heterocycles. The van der Waals surface area contributed by atoms with Gasteiger partial charge in [0.05, 0.1) is 6.61 Å². The zero-order valence-corrected chi connectivity index (χ0v) is 14.5. The maximum absolute atomic E-state index is 12.3. The quantitative estimate of drug-likeness (QED) is 0.836. The molecule has 6 nitrogen and oxygen atoms in total. The number of amides is 2. The summed E-state index contributed by atoms with van der Waals surface area (Å²) >= 11 is 0. The molecule has 0 spiro atoms. The fourth-order valence-electron chi connectivity index (χ4n) is 2.34. The summed E-state index contributed by atoms with van der Waals surface area (Å²) in [4.78, 5) is 25.4. The van der Waals surface area contributed by atoms with E-state index in [1.807, 2.05) is 27.7 Å². The van der Waals surface area contributed by atoms with E-state index < -0.39 is 6.09 Å². The van der Waals surface area contributed by atoms with E-state index in [9.17, 15) is 9.59 Å². The molecule has 0 bridgehead atoms. The highest BCUT2D eigenvalue weighted by Crippen LogP contribution is 2.18. The van der Waals surface area contributed by atoms with Crippen LogP contribution in [0.25, 0.3) is 0 Å². The van der Waals surface area contributed by atoms with Gasteiger partial charge < -0.3 is 14.4 Å². The van der Waals surface area contributed by atoms with Gasteiger partial charge in [0.15, 0.2) is 6.61 Å². The molecule has 23 heavy (non-hydrogen) atoms. The van der Waals surface area contributed by atoms with Crippen molar-refractivity contribution >= 4 is 17.7 Å². The van der Waals surface area contributed by atoms with Crippen molar-refractivity contribution in [2.75, 3.05) is 18.5 Å². The third kappa shape index (κ3) is 6.18. The Bertz CT molecular complexity index is 521. The minimum atomic E-state index is -0.522. The van der Waals surface area contributed by atoms with Gasteiger partial charge in [0.25, 0.3) is 5.91 Å². The Labute approximate surface area is 137 Å². The average molecular weight is 322 g/mol. The van der Waals surface area contributed by atoms with E-state index in [-0.39, 0.29) is 24.6 Å². The number of carbonyl (C=O) groups is 2. The number of nitrogens with one attached hydrogen (secondary N) is 1. The third-order valence-corrected chi connectivity index (χ3v) is 3.12. The van der Waals surface area contributed by atoms with Crippen LogP contribution in [0, 0.1) is 0 Å². The van der Waals surface area contributed by atoms with Crippen molar-refractivity contribution in [3.63, 3.8) is 0 Å². The molecule has 1 aromatic carbocycles. The summed E-state index contributed by atoms with van der Waals surface area (Å²) in [6.45, 7) is 9.89. The first-order valence-corrected chi connectivity index (χ1v) is 7.83. The van der Waals surface area contributed by atoms with Crippen molar-refractivity contribution in [2.45, 2.75) is 46.7 Å². The van der Waals surface area contributed by atoms with Crippen LogP contribution < -0.4 is 10.1 Å². The molecule has 0 saturated carbocycles. The lowest BCUT2D eigenvalue weighted by Gasteiger charge is -2.30. The number of hydrogen-bond acceptors (Lipinski definition) is 4. The highest BCUT2D eigenvalue weighted by atomic mass is 16.5. The smallest absolute Gasteiger partial charge is 0.411 e. The summed E-state index contributed by atoms with van der Waals surface area (Å²) in [7, 11) is 0. The lowest BCUT2D eigenvalue weighted by atomic mass is 10.2. The normalized spacial score (nSPS) is 10.6. The number of nitrogens with zero attached hydrogens (tertiary/aromatic N) is 1. The lowest BCUT2D eigenvalue weighted by Crippen LogP contribution is -2.44. The fraction of sp³-hybridized carbons (Fsp3) is 0.529. The summed E-state index contributed by atoms with van der Waals surface area (Å²) < 4.78 is 10.4. The topological polar surface area (TPSA) is 67.9 Å². The molecular formula is C17H26N2O4. The summed E-state index contributed by atoms with van der Waals surface area (Å²) in [6, 6.07) is 7.08. The predicted molar refractivity (Wildman–Crippen MR) is 89.7 cm³/mol. The van der Waals surface area contributed by atoms with E-state index in [1.54, 1.807) is 36.1 Å². The summed E-state index contributed by atoms with van der Waals surface area (Å²) in [5.74, 6) is 0.443. The lowest BCUT2D eigenvalue weighted by molar-refractivity contribution is -0.136. The van der Waals surface area contributed by atoms with Gasteiger partial charge in [0.2, 0.25) is 0 Å². The second-order valence-corrected chi connectivity index (χ2v) is 5.65. The van der Waals surface area contributed by atoms with Crippen molar-refractivity contribution < 1.29 is 19.1 Å². The van der Waals surface area contributed by atoms with E-state index in [0.717, 1.165) is 0 Å². The molecule has 1 N–H and O–H groups in total. The molecule has 2 amide bonds. The zero-order chi connectivity index (χ0) is 17.4. The molecular weight excluding hydrogens is 296 g/mol. The number of carbonyl (C=O) groups excluding carboxylic acids is 2. The number of benzene rings is 1. The third-order valence-electron chi connectivity index (χ3n) is 3.12. The molecule has 0 aliphatic heterocycles. The Kier molecular flexibility index (Phi) is 7.38. The average Bonchev–Trinajstić information content (AvgIpc) is 2.45. The Morgan fingerprint density at radius 2 is 1.83 bits per heavy atom. The molecule has 0 aromatic heterocycles. The van der Waals surface area contributed by atoms with Gasteiger partial charge in [0, 0.05) is 23.8 Å². The van der Waals surface area contributed by atoms with Crippen LogP contribution in [0.3, 0.4) is 0 Å². The monoisotopic (exact) mass is 322 g/mol. The molecule has 1 aromatic rings. The van der Waals surface area contributed by atoms with Gasteiger partial charge >= 0.3 is 6.09 Å². The molecule has 0 aliphatic carbocycles. The molecule has 0 unspecified atom stereocenters. The highest BCUT2D eigenvalue weighted by Gasteiger charge is 2.20. The van der Waals surface area contributed by atoms with Crippen LogP contribution in [0.15, 0.2) is 24.3 Å². The van der Waals surface area contributed by atoms with Crippen molar-refractivity contribution in [3.8, 4) is 5.75 Å². The molecule has 128 valence electrons.